The van der Waals surface area contributed by atoms with E-state index >= 15 is 0 Å². The molecular weight excluding hydrogens is 298 g/mol. The van der Waals surface area contributed by atoms with Gasteiger partial charge >= 0.3 is 6.03 Å². The van der Waals surface area contributed by atoms with Crippen LogP contribution in [0.25, 0.3) is 0 Å². The zero-order valence-electron chi connectivity index (χ0n) is 14.5. The number of carbonyl (C=O) groups is 1. The van der Waals surface area contributed by atoms with Gasteiger partial charge in [-0.2, -0.15) is 5.26 Å². The highest BCUT2D eigenvalue weighted by molar-refractivity contribution is 5.89. The Kier molecular flexibility index (Phi) is 5.97. The Morgan fingerprint density at radius 1 is 1.21 bits per heavy atom. The molecule has 0 aliphatic rings. The van der Waals surface area contributed by atoms with E-state index in [2.05, 4.69) is 43.4 Å². The first kappa shape index (κ1) is 17.6. The van der Waals surface area contributed by atoms with Crippen LogP contribution in [0.5, 0.6) is 0 Å². The molecule has 2 amide bonds. The molecule has 2 aromatic rings. The quantitative estimate of drug-likeness (QED) is 0.900. The van der Waals surface area contributed by atoms with Gasteiger partial charge in [-0.25, -0.2) is 4.79 Å². The van der Waals surface area contributed by atoms with Crippen molar-refractivity contribution in [3.63, 3.8) is 0 Å². The summed E-state index contributed by atoms with van der Waals surface area (Å²) in [7, 11) is 1.78. The van der Waals surface area contributed by atoms with Gasteiger partial charge < -0.3 is 10.2 Å². The summed E-state index contributed by atoms with van der Waals surface area (Å²) in [6.07, 6.45) is 1.82. The number of anilines is 1. The number of aryl methyl sites for hydroxylation is 2. The third kappa shape index (κ3) is 4.60. The molecule has 0 radical (unpaired) electrons. The number of amides is 2. The highest BCUT2D eigenvalue weighted by atomic mass is 16.2. The molecule has 124 valence electrons. The smallest absolute Gasteiger partial charge is 0.321 e. The van der Waals surface area contributed by atoms with Crippen molar-refractivity contribution < 1.29 is 4.79 Å². The maximum absolute atomic E-state index is 12.3. The highest BCUT2D eigenvalue weighted by Crippen LogP contribution is 2.14. The van der Waals surface area contributed by atoms with Gasteiger partial charge in [0.15, 0.2) is 0 Å². The second-order valence-electron chi connectivity index (χ2n) is 5.92. The molecule has 2 aromatic carbocycles. The van der Waals surface area contributed by atoms with Gasteiger partial charge in [-0.1, -0.05) is 36.8 Å². The van der Waals surface area contributed by atoms with E-state index in [0.29, 0.717) is 17.8 Å². The van der Waals surface area contributed by atoms with Crippen LogP contribution in [0.15, 0.2) is 42.5 Å². The molecule has 0 fully saturated rings. The number of likely N-dealkylation sites (N-methyl/N-ethyl adjacent to an activating group) is 1. The molecule has 2 rings (SSSR count). The van der Waals surface area contributed by atoms with E-state index in [9.17, 15) is 4.79 Å². The lowest BCUT2D eigenvalue weighted by atomic mass is 10.00. The highest BCUT2D eigenvalue weighted by Gasteiger charge is 2.10. The SMILES string of the molecule is CCc1cc(C)ccc1CCN(C)C(=O)Nc1cccc(C#N)c1. The summed E-state index contributed by atoms with van der Waals surface area (Å²) in [4.78, 5) is 13.9. The van der Waals surface area contributed by atoms with Crippen molar-refractivity contribution in [3.05, 3.63) is 64.7 Å². The maximum Gasteiger partial charge on any atom is 0.321 e. The van der Waals surface area contributed by atoms with Crippen molar-refractivity contribution in [1.29, 1.82) is 5.26 Å². The van der Waals surface area contributed by atoms with E-state index in [1.54, 1.807) is 36.2 Å². The fraction of sp³-hybridized carbons (Fsp3) is 0.300. The van der Waals surface area contributed by atoms with Gasteiger partial charge in [-0.05, 0) is 49.1 Å². The van der Waals surface area contributed by atoms with Gasteiger partial charge in [0.2, 0.25) is 0 Å². The summed E-state index contributed by atoms with van der Waals surface area (Å²) in [5.74, 6) is 0. The third-order valence-corrected chi connectivity index (χ3v) is 4.05. The standard InChI is InChI=1S/C20H23N3O/c1-4-17-12-15(2)8-9-18(17)10-11-23(3)20(24)22-19-7-5-6-16(13-19)14-21/h5-9,12-13H,4,10-11H2,1-3H3,(H,22,24). The molecule has 24 heavy (non-hydrogen) atoms. The number of rotatable bonds is 5. The van der Waals surface area contributed by atoms with Crippen molar-refractivity contribution >= 4 is 11.7 Å². The summed E-state index contributed by atoms with van der Waals surface area (Å²) in [5.41, 5.74) is 5.05. The van der Waals surface area contributed by atoms with E-state index in [4.69, 9.17) is 5.26 Å². The van der Waals surface area contributed by atoms with Crippen LogP contribution in [0.2, 0.25) is 0 Å². The number of nitrogens with zero attached hydrogens (tertiary/aromatic N) is 2. The molecule has 0 saturated heterocycles. The molecule has 0 unspecified atom stereocenters. The first-order valence-electron chi connectivity index (χ1n) is 8.14. The Morgan fingerprint density at radius 3 is 2.71 bits per heavy atom. The molecule has 0 bridgehead atoms. The minimum absolute atomic E-state index is 0.171. The Hall–Kier alpha value is -2.80. The minimum Gasteiger partial charge on any atom is -0.327 e. The monoisotopic (exact) mass is 321 g/mol. The summed E-state index contributed by atoms with van der Waals surface area (Å²) in [5, 5.41) is 11.7. The number of benzene rings is 2. The van der Waals surface area contributed by atoms with Crippen molar-refractivity contribution in [2.24, 2.45) is 0 Å². The van der Waals surface area contributed by atoms with Crippen molar-refractivity contribution in [2.75, 3.05) is 18.9 Å². The average Bonchev–Trinajstić information content (AvgIpc) is 2.60. The topological polar surface area (TPSA) is 56.1 Å². The van der Waals surface area contributed by atoms with Gasteiger partial charge in [0.05, 0.1) is 11.6 Å². The molecule has 0 heterocycles. The van der Waals surface area contributed by atoms with Gasteiger partial charge in [-0.15, -0.1) is 0 Å². The van der Waals surface area contributed by atoms with Crippen LogP contribution in [-0.4, -0.2) is 24.5 Å². The molecule has 0 aliphatic carbocycles. The first-order chi connectivity index (χ1) is 11.5. The third-order valence-electron chi connectivity index (χ3n) is 4.05. The molecule has 4 nitrogen and oxygen atoms in total. The van der Waals surface area contributed by atoms with Crippen LogP contribution in [0.3, 0.4) is 0 Å². The second kappa shape index (κ2) is 8.16. The Morgan fingerprint density at radius 2 is 2.00 bits per heavy atom. The number of urea groups is 1. The predicted molar refractivity (Wildman–Crippen MR) is 97.1 cm³/mol. The van der Waals surface area contributed by atoms with Crippen molar-refractivity contribution in [1.82, 2.24) is 4.90 Å². The number of nitrogens with one attached hydrogen (secondary N) is 1. The molecule has 0 atom stereocenters. The normalized spacial score (nSPS) is 10.1. The van der Waals surface area contributed by atoms with Crippen LogP contribution in [0.4, 0.5) is 10.5 Å². The lowest BCUT2D eigenvalue weighted by Crippen LogP contribution is -2.33. The number of hydrogen-bond donors (Lipinski definition) is 1. The maximum atomic E-state index is 12.3. The Balaban J connectivity index is 1.95. The van der Waals surface area contributed by atoms with E-state index in [1.165, 1.54) is 16.7 Å². The van der Waals surface area contributed by atoms with E-state index < -0.39 is 0 Å². The van der Waals surface area contributed by atoms with E-state index in [1.807, 2.05) is 0 Å². The summed E-state index contributed by atoms with van der Waals surface area (Å²) in [6.45, 7) is 4.88. The number of hydrogen-bond acceptors (Lipinski definition) is 2. The van der Waals surface area contributed by atoms with Crippen molar-refractivity contribution in [2.45, 2.75) is 26.7 Å². The summed E-state index contributed by atoms with van der Waals surface area (Å²) >= 11 is 0. The zero-order chi connectivity index (χ0) is 17.5. The largest absolute Gasteiger partial charge is 0.327 e. The number of carbonyl (C=O) groups excluding carboxylic acids is 1. The first-order valence-corrected chi connectivity index (χ1v) is 8.14. The molecule has 0 saturated carbocycles. The second-order valence-corrected chi connectivity index (χ2v) is 5.92. The summed E-state index contributed by atoms with van der Waals surface area (Å²) < 4.78 is 0. The van der Waals surface area contributed by atoms with Crippen molar-refractivity contribution in [3.8, 4) is 6.07 Å². The molecule has 0 spiro atoms. The van der Waals surface area contributed by atoms with Gasteiger partial charge in [-0.3, -0.25) is 0 Å². The lowest BCUT2D eigenvalue weighted by molar-refractivity contribution is 0.223. The van der Waals surface area contributed by atoms with Crippen LogP contribution in [0.1, 0.15) is 29.2 Å². The van der Waals surface area contributed by atoms with Crippen LogP contribution in [0, 0.1) is 18.3 Å². The predicted octanol–water partition coefficient (Wildman–Crippen LogP) is 4.14. The molecule has 0 aliphatic heterocycles. The fourth-order valence-corrected chi connectivity index (χ4v) is 2.60. The minimum atomic E-state index is -0.171. The molecule has 0 aromatic heterocycles. The van der Waals surface area contributed by atoms with Crippen LogP contribution in [-0.2, 0) is 12.8 Å². The fourth-order valence-electron chi connectivity index (χ4n) is 2.60. The zero-order valence-corrected chi connectivity index (χ0v) is 14.5. The lowest BCUT2D eigenvalue weighted by Gasteiger charge is -2.19. The van der Waals surface area contributed by atoms with Gasteiger partial charge in [0.1, 0.15) is 0 Å². The van der Waals surface area contributed by atoms with E-state index in [-0.39, 0.29) is 6.03 Å². The van der Waals surface area contributed by atoms with E-state index in [0.717, 1.165) is 12.8 Å². The van der Waals surface area contributed by atoms with Gasteiger partial charge in [0, 0.05) is 19.3 Å². The number of nitriles is 1. The summed E-state index contributed by atoms with van der Waals surface area (Å²) in [6, 6.07) is 15.3. The van der Waals surface area contributed by atoms with Crippen LogP contribution < -0.4 is 5.32 Å². The molecule has 1 N–H and O–H groups in total. The molecule has 4 heteroatoms. The Labute approximate surface area is 143 Å². The Bertz CT molecular complexity index is 762. The molecular formula is C20H23N3O. The van der Waals surface area contributed by atoms with Crippen LogP contribution >= 0.6 is 0 Å². The van der Waals surface area contributed by atoms with Gasteiger partial charge in [0.25, 0.3) is 0 Å². The average molecular weight is 321 g/mol.